The van der Waals surface area contributed by atoms with E-state index in [0.29, 0.717) is 0 Å². The minimum atomic E-state index is -2.42. The Hall–Kier alpha value is -2.46. The first-order valence-corrected chi connectivity index (χ1v) is 42.3. The molecule has 2 fully saturated rings. The van der Waals surface area contributed by atoms with E-state index >= 15 is 0 Å². The van der Waals surface area contributed by atoms with Gasteiger partial charge >= 0.3 is 0 Å². The third-order valence-electron chi connectivity index (χ3n) is 16.5. The molecular weight excluding hydrogens is 1030 g/mol. The Bertz CT molecular complexity index is 2340. The maximum atomic E-state index is 13.1. The van der Waals surface area contributed by atoms with Gasteiger partial charge in [-0.2, -0.15) is 0 Å². The lowest BCUT2D eigenvalue weighted by Crippen LogP contribution is -2.77. The van der Waals surface area contributed by atoms with Crippen LogP contribution in [0.15, 0.2) is 85.0 Å². The summed E-state index contributed by atoms with van der Waals surface area (Å²) in [5, 5.41) is 36.8. The molecule has 3 N–H and O–H groups in total. The second-order valence-electron chi connectivity index (χ2n) is 28.0. The molecule has 2 amide bonds. The molecule has 0 bridgehead atoms. The molecule has 75 heavy (non-hydrogen) atoms. The van der Waals surface area contributed by atoms with Crippen LogP contribution in [0, 0.1) is 0 Å². The van der Waals surface area contributed by atoms with Crippen LogP contribution in [0.5, 0.6) is 0 Å². The van der Waals surface area contributed by atoms with Crippen molar-refractivity contribution in [3.8, 4) is 0 Å². The molecule has 2 aromatic rings. The average Bonchev–Trinajstić information content (AvgIpc) is 3.26. The maximum absolute atomic E-state index is 13.1. The monoisotopic (exact) mass is 1130 g/mol. The van der Waals surface area contributed by atoms with Crippen molar-refractivity contribution in [2.75, 3.05) is 13.2 Å². The Kier molecular flexibility index (Phi) is 18.8. The van der Waals surface area contributed by atoms with Crippen LogP contribution in [0.3, 0.4) is 0 Å². The first-order chi connectivity index (χ1) is 34.0. The number of β-lactam (4-membered cyclic amide) rings is 2. The van der Waals surface area contributed by atoms with Gasteiger partial charge in [-0.05, 0) is 117 Å². The van der Waals surface area contributed by atoms with E-state index in [9.17, 15) is 24.9 Å². The van der Waals surface area contributed by atoms with Gasteiger partial charge in [0.25, 0.3) is 0 Å². The Morgan fingerprint density at radius 1 is 0.493 bits per heavy atom. The standard InChI is InChI=1S/C31H55NO6Si3.C25H41NO6Si2/c1-28(2,3)40(10,11)36-23-31(34)20-19-30(21-25(33)32(30)35-22-24-17-15-14-16-18-24)26(37-39(7,8)9)27(31)38-41(12,13)29(4,5)6;1-23(2,3)34(7,8)32-22-21(31-33(4,5)6)24(14-15-25(22,29)18-27)16-20(28)26(24)30-17-19-12-10-9-11-13-19/h14-20,26-27,34H,21-23H2,1-13H3;9-15,21-22,27,29H,16-18H2,1-8H3/t26-,27+,30+,31-;21-,22+,24+,25-/m11/s1. The summed E-state index contributed by atoms with van der Waals surface area (Å²) in [6.45, 7) is 45.2. The van der Waals surface area contributed by atoms with E-state index in [1.165, 1.54) is 10.1 Å². The van der Waals surface area contributed by atoms with E-state index in [-0.39, 0.29) is 59.6 Å². The zero-order chi connectivity index (χ0) is 56.9. The van der Waals surface area contributed by atoms with E-state index in [1.807, 2.05) is 66.7 Å². The van der Waals surface area contributed by atoms with Gasteiger partial charge < -0.3 is 37.4 Å². The van der Waals surface area contributed by atoms with Crippen LogP contribution in [0.25, 0.3) is 0 Å². The van der Waals surface area contributed by atoms with Gasteiger partial charge in [-0.3, -0.25) is 19.3 Å². The highest BCUT2D eigenvalue weighted by Gasteiger charge is 2.67. The number of nitrogens with zero attached hydrogens (tertiary/aromatic N) is 2. The average molecular weight is 1130 g/mol. The molecule has 0 radical (unpaired) electrons. The van der Waals surface area contributed by atoms with Gasteiger partial charge in [0.05, 0.1) is 26.1 Å². The SMILES string of the molecule is CC(C)(C)[Si](C)(C)OC[C@]1(O)C=C[C@]2(CC(=O)N2OCc2ccccc2)[C@H](O[Si](C)(C)C)[C@@H]1O[Si](C)(C)C(C)(C)C.CC(C)(C)[Si](C)(C)O[C@H]1[C@@H](O[Si](C)(C)C)[C@]2(C=C[C@@]1(O)CO)CC(=O)N2OCc1ccccc1. The van der Waals surface area contributed by atoms with Crippen LogP contribution < -0.4 is 0 Å². The number of hydrogen-bond donors (Lipinski definition) is 3. The number of hydrogen-bond acceptors (Lipinski definition) is 12. The lowest BCUT2D eigenvalue weighted by molar-refractivity contribution is -0.282. The number of carbonyl (C=O) groups is 2. The fourth-order valence-electron chi connectivity index (χ4n) is 8.75. The largest absolute Gasteiger partial charge is 0.413 e. The van der Waals surface area contributed by atoms with Crippen molar-refractivity contribution >= 4 is 53.4 Å². The Morgan fingerprint density at radius 2 is 0.827 bits per heavy atom. The maximum Gasteiger partial charge on any atom is 0.249 e. The molecule has 2 aliphatic heterocycles. The van der Waals surface area contributed by atoms with Crippen molar-refractivity contribution in [3.63, 3.8) is 0 Å². The molecule has 14 nitrogen and oxygen atoms in total. The Morgan fingerprint density at radius 3 is 1.13 bits per heavy atom. The van der Waals surface area contributed by atoms with Gasteiger partial charge in [0.2, 0.25) is 11.8 Å². The van der Waals surface area contributed by atoms with Crippen LogP contribution in [0.4, 0.5) is 0 Å². The molecule has 2 aliphatic carbocycles. The summed E-state index contributed by atoms with van der Waals surface area (Å²) in [4.78, 5) is 38.2. The van der Waals surface area contributed by atoms with E-state index in [4.69, 9.17) is 31.8 Å². The van der Waals surface area contributed by atoms with E-state index < -0.39 is 94.9 Å². The number of benzene rings is 2. The Balaban J connectivity index is 0.000000282. The molecule has 0 unspecified atom stereocenters. The molecule has 8 atom stereocenters. The Labute approximate surface area is 456 Å². The summed E-state index contributed by atoms with van der Waals surface area (Å²) in [5.41, 5.74) is -2.96. The van der Waals surface area contributed by atoms with Crippen LogP contribution in [-0.2, 0) is 54.6 Å². The first-order valence-electron chi connectivity index (χ1n) is 26.8. The summed E-state index contributed by atoms with van der Waals surface area (Å²) >= 11 is 0. The number of rotatable bonds is 18. The predicted octanol–water partition coefficient (Wildman–Crippen LogP) is 11.0. The van der Waals surface area contributed by atoms with Gasteiger partial charge in [0, 0.05) is 0 Å². The molecule has 2 heterocycles. The third kappa shape index (κ3) is 14.1. The molecule has 19 heteroatoms. The highest BCUT2D eigenvalue weighted by atomic mass is 28.4. The summed E-state index contributed by atoms with van der Waals surface area (Å²) in [7, 11) is -11.4. The van der Waals surface area contributed by atoms with Crippen molar-refractivity contribution in [1.82, 2.24) is 10.1 Å². The molecular formula is C56H96N2O12Si5. The van der Waals surface area contributed by atoms with E-state index in [1.54, 1.807) is 18.2 Å². The molecule has 2 saturated heterocycles. The van der Waals surface area contributed by atoms with Gasteiger partial charge in [-0.15, -0.1) is 0 Å². The van der Waals surface area contributed by atoms with Crippen LogP contribution in [-0.4, -0.2) is 139 Å². The molecule has 2 aromatic carbocycles. The highest BCUT2D eigenvalue weighted by Crippen LogP contribution is 2.52. The number of aliphatic hydroxyl groups is 3. The van der Waals surface area contributed by atoms with Gasteiger partial charge in [-0.1, -0.05) is 135 Å². The first kappa shape index (κ1) is 63.4. The second kappa shape index (κ2) is 22.2. The van der Waals surface area contributed by atoms with Gasteiger partial charge in [0.1, 0.15) is 59.9 Å². The summed E-state index contributed by atoms with van der Waals surface area (Å²) in [6.07, 6.45) is 4.55. The van der Waals surface area contributed by atoms with Crippen molar-refractivity contribution in [2.45, 2.75) is 229 Å². The van der Waals surface area contributed by atoms with Crippen LogP contribution in [0.1, 0.15) is 86.3 Å². The molecule has 0 saturated carbocycles. The van der Waals surface area contributed by atoms with E-state index in [0.717, 1.165) is 11.1 Å². The lowest BCUT2D eigenvalue weighted by atomic mass is 9.70. The molecule has 6 rings (SSSR count). The number of hydroxylamine groups is 4. The summed E-state index contributed by atoms with van der Waals surface area (Å²) < 4.78 is 34.1. The summed E-state index contributed by atoms with van der Waals surface area (Å²) in [6, 6.07) is 19.5. The van der Waals surface area contributed by atoms with E-state index in [2.05, 4.69) is 141 Å². The fraction of sp³-hybridized carbons (Fsp3) is 0.679. The van der Waals surface area contributed by atoms with Gasteiger partial charge in [0.15, 0.2) is 41.6 Å². The summed E-state index contributed by atoms with van der Waals surface area (Å²) in [5.74, 6) is -0.255. The van der Waals surface area contributed by atoms with Crippen molar-refractivity contribution < 1.29 is 56.7 Å². The molecule has 4 aliphatic rings. The zero-order valence-electron chi connectivity index (χ0n) is 49.5. The fourth-order valence-corrected chi connectivity index (χ4v) is 14.6. The molecule has 2 spiro atoms. The smallest absolute Gasteiger partial charge is 0.249 e. The number of aliphatic hydroxyl groups excluding tert-OH is 1. The third-order valence-corrected chi connectivity index (χ3v) is 31.8. The topological polar surface area (TPSA) is 166 Å². The highest BCUT2D eigenvalue weighted by molar-refractivity contribution is 6.75. The van der Waals surface area contributed by atoms with Crippen molar-refractivity contribution in [1.29, 1.82) is 0 Å². The minimum absolute atomic E-state index is 0.0184. The predicted molar refractivity (Wildman–Crippen MR) is 310 cm³/mol. The van der Waals surface area contributed by atoms with Crippen LogP contribution in [0.2, 0.25) is 93.7 Å². The van der Waals surface area contributed by atoms with Crippen LogP contribution >= 0.6 is 0 Å². The normalized spacial score (nSPS) is 28.9. The number of carbonyl (C=O) groups excluding carboxylic acids is 2. The number of amides is 2. The molecule has 422 valence electrons. The van der Waals surface area contributed by atoms with Crippen molar-refractivity contribution in [2.24, 2.45) is 0 Å². The van der Waals surface area contributed by atoms with Gasteiger partial charge in [-0.25, -0.2) is 10.1 Å². The minimum Gasteiger partial charge on any atom is -0.413 e. The van der Waals surface area contributed by atoms with Crippen molar-refractivity contribution in [3.05, 3.63) is 96.1 Å². The second-order valence-corrected chi connectivity index (χ2v) is 51.2. The lowest BCUT2D eigenvalue weighted by Gasteiger charge is -2.60. The zero-order valence-corrected chi connectivity index (χ0v) is 54.5. The quantitative estimate of drug-likeness (QED) is 0.0736. The molecule has 0 aromatic heterocycles.